The molecule has 1 amide bonds. The Morgan fingerprint density at radius 1 is 1.37 bits per heavy atom. The summed E-state index contributed by atoms with van der Waals surface area (Å²) >= 11 is 5.58. The van der Waals surface area contributed by atoms with Gasteiger partial charge in [0.1, 0.15) is 5.82 Å². The van der Waals surface area contributed by atoms with Gasteiger partial charge >= 0.3 is 6.18 Å². The molecule has 0 unspecified atom stereocenters. The fourth-order valence-corrected chi connectivity index (χ4v) is 4.36. The van der Waals surface area contributed by atoms with Gasteiger partial charge in [-0.1, -0.05) is 11.6 Å². The number of nitrogens with one attached hydrogen (secondary N) is 1. The first kappa shape index (κ1) is 21.0. The highest BCUT2D eigenvalue weighted by atomic mass is 35.5. The number of aromatic nitrogens is 2. The van der Waals surface area contributed by atoms with Crippen molar-refractivity contribution in [2.24, 2.45) is 5.41 Å². The van der Waals surface area contributed by atoms with Crippen LogP contribution in [0.1, 0.15) is 24.0 Å². The third-order valence-electron chi connectivity index (χ3n) is 5.57. The van der Waals surface area contributed by atoms with Crippen LogP contribution in [0.3, 0.4) is 0 Å². The van der Waals surface area contributed by atoms with Gasteiger partial charge in [-0.15, -0.1) is 0 Å². The number of anilines is 1. The van der Waals surface area contributed by atoms with Gasteiger partial charge in [-0.05, 0) is 36.6 Å². The lowest BCUT2D eigenvalue weighted by Crippen LogP contribution is -2.48. The standard InChI is InChI=1S/C19H16ClF4N3O3/c20-11-8-26-16(4-10(11)19(22,23)24)27-17(29)18(6-9-1-2-25-15(21)3-9)7-13-12(28)5-14(18)30-13/h1-4,8,12-14,28H,5-7H2,(H,26,27,29)/t12-,13+,14+,18-/m0/s1. The van der Waals surface area contributed by atoms with Gasteiger partial charge in [0.15, 0.2) is 0 Å². The number of aliphatic hydroxyl groups excluding tert-OH is 1. The lowest BCUT2D eigenvalue weighted by Gasteiger charge is -2.35. The Balaban J connectivity index is 1.65. The average molecular weight is 446 g/mol. The summed E-state index contributed by atoms with van der Waals surface area (Å²) in [5.41, 5.74) is -1.86. The van der Waals surface area contributed by atoms with Gasteiger partial charge in [-0.25, -0.2) is 9.97 Å². The summed E-state index contributed by atoms with van der Waals surface area (Å²) in [6, 6.07) is 3.38. The number of alkyl halides is 3. The molecule has 2 fully saturated rings. The Hall–Kier alpha value is -2.30. The first-order valence-electron chi connectivity index (χ1n) is 9.07. The Morgan fingerprint density at radius 2 is 2.13 bits per heavy atom. The fraction of sp³-hybridized carbons (Fsp3) is 0.421. The molecule has 6 nitrogen and oxygen atoms in total. The molecule has 0 spiro atoms. The van der Waals surface area contributed by atoms with Crippen molar-refractivity contribution >= 4 is 23.3 Å². The lowest BCUT2D eigenvalue weighted by atomic mass is 9.68. The van der Waals surface area contributed by atoms with E-state index in [0.717, 1.165) is 6.20 Å². The maximum atomic E-state index is 13.5. The third kappa shape index (κ3) is 3.75. The Morgan fingerprint density at radius 3 is 2.73 bits per heavy atom. The number of fused-ring (bicyclic) bond motifs is 2. The number of hydrogen-bond acceptors (Lipinski definition) is 5. The van der Waals surface area contributed by atoms with E-state index in [9.17, 15) is 27.5 Å². The SMILES string of the molecule is O=C(Nc1cc(C(F)(F)F)c(Cl)cn1)[C@@]1(Cc2ccnc(F)c2)C[C@H]2O[C@@H]1C[C@@H]2O. The minimum Gasteiger partial charge on any atom is -0.390 e. The number of carbonyl (C=O) groups is 1. The second kappa shape index (κ2) is 7.44. The van der Waals surface area contributed by atoms with Crippen molar-refractivity contribution in [2.45, 2.75) is 43.8 Å². The van der Waals surface area contributed by atoms with Crippen LogP contribution < -0.4 is 5.32 Å². The number of carbonyl (C=O) groups excluding carboxylic acids is 1. The number of pyridine rings is 2. The molecule has 2 bridgehead atoms. The molecular weight excluding hydrogens is 430 g/mol. The van der Waals surface area contributed by atoms with E-state index in [1.165, 1.54) is 12.3 Å². The van der Waals surface area contributed by atoms with Crippen molar-refractivity contribution in [1.82, 2.24) is 9.97 Å². The lowest BCUT2D eigenvalue weighted by molar-refractivity contribution is -0.137. The van der Waals surface area contributed by atoms with Crippen molar-refractivity contribution in [3.8, 4) is 0 Å². The summed E-state index contributed by atoms with van der Waals surface area (Å²) in [7, 11) is 0. The van der Waals surface area contributed by atoms with Crippen LogP contribution in [0.5, 0.6) is 0 Å². The molecule has 0 aliphatic carbocycles. The molecule has 4 heterocycles. The summed E-state index contributed by atoms with van der Waals surface area (Å²) in [5.74, 6) is -1.66. The molecule has 0 radical (unpaired) electrons. The molecule has 2 aromatic rings. The molecule has 160 valence electrons. The van der Waals surface area contributed by atoms with Crippen LogP contribution in [0.15, 0.2) is 30.6 Å². The van der Waals surface area contributed by atoms with E-state index >= 15 is 0 Å². The van der Waals surface area contributed by atoms with Crippen molar-refractivity contribution in [3.63, 3.8) is 0 Å². The highest BCUT2D eigenvalue weighted by Gasteiger charge is 2.60. The molecule has 30 heavy (non-hydrogen) atoms. The van der Waals surface area contributed by atoms with Crippen LogP contribution in [0.25, 0.3) is 0 Å². The topological polar surface area (TPSA) is 84.3 Å². The van der Waals surface area contributed by atoms with E-state index in [1.807, 2.05) is 0 Å². The molecule has 2 aliphatic rings. The summed E-state index contributed by atoms with van der Waals surface area (Å²) in [6.07, 6.45) is -4.27. The Kier molecular flexibility index (Phi) is 5.19. The normalized spacial score (nSPS) is 28.0. The average Bonchev–Trinajstić information content (AvgIpc) is 3.19. The molecule has 2 N–H and O–H groups in total. The van der Waals surface area contributed by atoms with Crippen molar-refractivity contribution in [2.75, 3.05) is 5.32 Å². The molecule has 2 aliphatic heterocycles. The number of rotatable bonds is 4. The summed E-state index contributed by atoms with van der Waals surface area (Å²) in [5, 5.41) is 11.8. The van der Waals surface area contributed by atoms with Gasteiger partial charge in [-0.3, -0.25) is 4.79 Å². The highest BCUT2D eigenvalue weighted by molar-refractivity contribution is 6.31. The number of hydrogen-bond donors (Lipinski definition) is 2. The van der Waals surface area contributed by atoms with Crippen molar-refractivity contribution < 1.29 is 32.2 Å². The first-order valence-corrected chi connectivity index (χ1v) is 9.44. The molecule has 4 atom stereocenters. The van der Waals surface area contributed by atoms with Crippen LogP contribution in [-0.4, -0.2) is 39.3 Å². The number of nitrogens with zero attached hydrogens (tertiary/aromatic N) is 2. The van der Waals surface area contributed by atoms with Gasteiger partial charge in [-0.2, -0.15) is 17.6 Å². The molecule has 4 rings (SSSR count). The predicted molar refractivity (Wildman–Crippen MR) is 97.1 cm³/mol. The van der Waals surface area contributed by atoms with E-state index in [-0.39, 0.29) is 25.1 Å². The fourth-order valence-electron chi connectivity index (χ4n) is 4.15. The number of amides is 1. The highest BCUT2D eigenvalue weighted by Crippen LogP contribution is 2.50. The largest absolute Gasteiger partial charge is 0.418 e. The van der Waals surface area contributed by atoms with E-state index < -0.39 is 52.3 Å². The Labute approximate surface area is 173 Å². The molecule has 0 aromatic carbocycles. The zero-order chi connectivity index (χ0) is 21.7. The van der Waals surface area contributed by atoms with E-state index in [2.05, 4.69) is 15.3 Å². The summed E-state index contributed by atoms with van der Waals surface area (Å²) in [6.45, 7) is 0. The van der Waals surface area contributed by atoms with Crippen LogP contribution in [0, 0.1) is 11.4 Å². The van der Waals surface area contributed by atoms with Gasteiger partial charge in [0.05, 0.1) is 34.3 Å². The number of aliphatic hydroxyl groups is 1. The maximum Gasteiger partial charge on any atom is 0.418 e. The van der Waals surface area contributed by atoms with Gasteiger partial charge < -0.3 is 15.2 Å². The zero-order valence-corrected chi connectivity index (χ0v) is 16.0. The van der Waals surface area contributed by atoms with Crippen molar-refractivity contribution in [1.29, 1.82) is 0 Å². The van der Waals surface area contributed by atoms with Crippen LogP contribution >= 0.6 is 11.6 Å². The van der Waals surface area contributed by atoms with Gasteiger partial charge in [0, 0.05) is 18.8 Å². The van der Waals surface area contributed by atoms with E-state index in [4.69, 9.17) is 16.3 Å². The minimum absolute atomic E-state index is 0.0614. The van der Waals surface area contributed by atoms with Gasteiger partial charge in [0.2, 0.25) is 11.9 Å². The second-order valence-electron chi connectivity index (χ2n) is 7.49. The molecule has 2 aromatic heterocycles. The van der Waals surface area contributed by atoms with Crippen LogP contribution in [-0.2, 0) is 22.1 Å². The summed E-state index contributed by atoms with van der Waals surface area (Å²) < 4.78 is 58.6. The predicted octanol–water partition coefficient (Wildman–Crippen LogP) is 3.38. The quantitative estimate of drug-likeness (QED) is 0.557. The monoisotopic (exact) mass is 445 g/mol. The first-order chi connectivity index (χ1) is 14.1. The third-order valence-corrected chi connectivity index (χ3v) is 5.87. The molecular formula is C19H16ClF4N3O3. The number of ether oxygens (including phenoxy) is 1. The summed E-state index contributed by atoms with van der Waals surface area (Å²) in [4.78, 5) is 20.5. The van der Waals surface area contributed by atoms with Crippen LogP contribution in [0.2, 0.25) is 5.02 Å². The smallest absolute Gasteiger partial charge is 0.390 e. The van der Waals surface area contributed by atoms with Crippen molar-refractivity contribution in [3.05, 3.63) is 52.7 Å². The van der Waals surface area contributed by atoms with E-state index in [1.54, 1.807) is 6.07 Å². The molecule has 2 saturated heterocycles. The van der Waals surface area contributed by atoms with Crippen LogP contribution in [0.4, 0.5) is 23.4 Å². The number of halogens is 5. The minimum atomic E-state index is -4.72. The maximum absolute atomic E-state index is 13.5. The van der Waals surface area contributed by atoms with E-state index in [0.29, 0.717) is 11.6 Å². The van der Waals surface area contributed by atoms with Gasteiger partial charge in [0.25, 0.3) is 0 Å². The molecule has 0 saturated carbocycles. The second-order valence-corrected chi connectivity index (χ2v) is 7.90. The molecule has 11 heteroatoms. The zero-order valence-electron chi connectivity index (χ0n) is 15.3. The Bertz CT molecular complexity index is 988.